The first kappa shape index (κ1) is 27.9. The topological polar surface area (TPSA) is 103 Å². The van der Waals surface area contributed by atoms with Crippen LogP contribution in [-0.4, -0.2) is 66.6 Å². The molecule has 5 rings (SSSR count). The van der Waals surface area contributed by atoms with E-state index in [0.717, 1.165) is 42.9 Å². The highest BCUT2D eigenvalue weighted by molar-refractivity contribution is 6.40. The van der Waals surface area contributed by atoms with E-state index in [9.17, 15) is 9.59 Å². The van der Waals surface area contributed by atoms with E-state index in [1.807, 2.05) is 12.1 Å². The molecular weight excluding hydrogens is 553 g/mol. The summed E-state index contributed by atoms with van der Waals surface area (Å²) in [4.78, 5) is 39.7. The van der Waals surface area contributed by atoms with Crippen LogP contribution in [0.4, 0.5) is 23.0 Å². The van der Waals surface area contributed by atoms with Gasteiger partial charge in [0.2, 0.25) is 17.7 Å². The number of hydrogen-bond acceptors (Lipinski definition) is 8. The molecule has 3 heterocycles. The zero-order chi connectivity index (χ0) is 28.4. The highest BCUT2D eigenvalue weighted by atomic mass is 35.5. The van der Waals surface area contributed by atoms with Crippen LogP contribution < -0.4 is 25.2 Å². The van der Waals surface area contributed by atoms with Crippen molar-refractivity contribution >= 4 is 58.0 Å². The van der Waals surface area contributed by atoms with Gasteiger partial charge in [-0.25, -0.2) is 4.98 Å². The zero-order valence-electron chi connectivity index (χ0n) is 22.6. The first-order chi connectivity index (χ1) is 19.2. The molecule has 1 saturated heterocycles. The molecule has 2 aliphatic heterocycles. The average Bonchev–Trinajstić information content (AvgIpc) is 2.93. The van der Waals surface area contributed by atoms with E-state index in [2.05, 4.69) is 50.6 Å². The van der Waals surface area contributed by atoms with Crippen molar-refractivity contribution in [2.75, 3.05) is 49.0 Å². The Labute approximate surface area is 243 Å². The van der Waals surface area contributed by atoms with Crippen molar-refractivity contribution in [1.82, 2.24) is 20.2 Å². The van der Waals surface area contributed by atoms with Gasteiger partial charge in [-0.1, -0.05) is 29.3 Å². The van der Waals surface area contributed by atoms with E-state index in [-0.39, 0.29) is 35.9 Å². The summed E-state index contributed by atoms with van der Waals surface area (Å²) in [5.74, 6) is -0.00745. The summed E-state index contributed by atoms with van der Waals surface area (Å²) in [7, 11) is 4.24. The van der Waals surface area contributed by atoms with Gasteiger partial charge in [-0.05, 0) is 62.8 Å². The first-order valence-corrected chi connectivity index (χ1v) is 13.8. The van der Waals surface area contributed by atoms with Crippen molar-refractivity contribution in [3.8, 4) is 5.88 Å². The number of fused-ring (bicyclic) bond motifs is 1. The normalized spacial score (nSPS) is 15.6. The Balaban J connectivity index is 1.35. The Hall–Kier alpha value is -3.60. The number of carbonyl (C=O) groups excluding carboxylic acids is 2. The molecule has 0 bridgehead atoms. The number of amides is 2. The highest BCUT2D eigenvalue weighted by Gasteiger charge is 2.31. The van der Waals surface area contributed by atoms with Gasteiger partial charge >= 0.3 is 0 Å². The van der Waals surface area contributed by atoms with Gasteiger partial charge in [0.05, 0.1) is 15.7 Å². The number of piperidine rings is 1. The van der Waals surface area contributed by atoms with Crippen LogP contribution in [0.25, 0.3) is 0 Å². The summed E-state index contributed by atoms with van der Waals surface area (Å²) in [6, 6.07) is 11.6. The van der Waals surface area contributed by atoms with E-state index in [0.29, 0.717) is 28.3 Å². The number of nitrogens with one attached hydrogen (secondary N) is 2. The van der Waals surface area contributed by atoms with Crippen molar-refractivity contribution in [1.29, 1.82) is 0 Å². The van der Waals surface area contributed by atoms with Gasteiger partial charge in [-0.15, -0.1) is 0 Å². The maximum absolute atomic E-state index is 13.2. The Morgan fingerprint density at radius 2 is 1.88 bits per heavy atom. The minimum Gasteiger partial charge on any atom is -0.455 e. The number of para-hydroxylation sites is 1. The van der Waals surface area contributed by atoms with Crippen LogP contribution in [0.5, 0.6) is 5.88 Å². The third-order valence-corrected chi connectivity index (χ3v) is 7.78. The second-order valence-electron chi connectivity index (χ2n) is 10.0. The third kappa shape index (κ3) is 5.94. The second kappa shape index (κ2) is 11.9. The minimum atomic E-state index is -0.359. The molecule has 0 spiro atoms. The molecule has 0 radical (unpaired) electrons. The van der Waals surface area contributed by atoms with Crippen LogP contribution in [0.3, 0.4) is 0 Å². The summed E-state index contributed by atoms with van der Waals surface area (Å²) in [5.41, 5.74) is 3.41. The summed E-state index contributed by atoms with van der Waals surface area (Å²) in [5, 5.41) is 6.80. The van der Waals surface area contributed by atoms with Crippen molar-refractivity contribution in [3.63, 3.8) is 0 Å². The third-order valence-electron chi connectivity index (χ3n) is 7.17. The fourth-order valence-corrected chi connectivity index (χ4v) is 5.61. The van der Waals surface area contributed by atoms with E-state index in [1.54, 1.807) is 18.2 Å². The monoisotopic (exact) mass is 583 g/mol. The molecule has 2 N–H and O–H groups in total. The van der Waals surface area contributed by atoms with Gasteiger partial charge in [0.25, 0.3) is 5.91 Å². The van der Waals surface area contributed by atoms with Gasteiger partial charge in [-0.2, -0.15) is 4.98 Å². The maximum Gasteiger partial charge on any atom is 0.268 e. The SMILES string of the molecule is CC(=O)NCc1cc(Nc2ncc3c(n2)OCN(c2c(Cl)cccc2Cl)C3=O)ccc1N1CCC(N(C)C)CC1. The number of carbonyl (C=O) groups is 2. The molecule has 12 heteroatoms. The van der Waals surface area contributed by atoms with Gasteiger partial charge in [-0.3, -0.25) is 14.5 Å². The molecule has 2 aromatic carbocycles. The van der Waals surface area contributed by atoms with E-state index in [4.69, 9.17) is 27.9 Å². The molecule has 210 valence electrons. The summed E-state index contributed by atoms with van der Waals surface area (Å²) >= 11 is 12.6. The smallest absolute Gasteiger partial charge is 0.268 e. The van der Waals surface area contributed by atoms with Crippen molar-refractivity contribution < 1.29 is 14.3 Å². The lowest BCUT2D eigenvalue weighted by Crippen LogP contribution is -2.42. The number of aromatic nitrogens is 2. The molecule has 1 aromatic heterocycles. The Bertz CT molecular complexity index is 1410. The van der Waals surface area contributed by atoms with Crippen LogP contribution in [-0.2, 0) is 11.3 Å². The van der Waals surface area contributed by atoms with E-state index in [1.165, 1.54) is 18.0 Å². The van der Waals surface area contributed by atoms with Gasteiger partial charge < -0.3 is 25.2 Å². The van der Waals surface area contributed by atoms with Crippen LogP contribution in [0.1, 0.15) is 35.7 Å². The minimum absolute atomic E-state index is 0.0915. The number of hydrogen-bond donors (Lipinski definition) is 2. The van der Waals surface area contributed by atoms with Gasteiger partial charge in [0, 0.05) is 50.2 Å². The summed E-state index contributed by atoms with van der Waals surface area (Å²) < 4.78 is 5.80. The molecule has 10 nitrogen and oxygen atoms in total. The zero-order valence-corrected chi connectivity index (χ0v) is 24.1. The molecular formula is C28H31Cl2N7O3. The van der Waals surface area contributed by atoms with Crippen LogP contribution >= 0.6 is 23.2 Å². The molecule has 3 aromatic rings. The molecule has 0 aliphatic carbocycles. The predicted octanol–water partition coefficient (Wildman–Crippen LogP) is 4.69. The fraction of sp³-hybridized carbons (Fsp3) is 0.357. The Morgan fingerprint density at radius 3 is 2.55 bits per heavy atom. The standard InChI is InChI=1S/C28H31Cl2N7O3/c1-17(38)31-14-18-13-19(7-8-24(18)36-11-9-20(10-12-36)35(2)3)33-28-32-15-21-26(34-28)40-16-37(27(21)39)25-22(29)5-4-6-23(25)30/h4-8,13,15,20H,9-12,14,16H2,1-3H3,(H,31,38)(H,32,33,34). The van der Waals surface area contributed by atoms with E-state index >= 15 is 0 Å². The summed E-state index contributed by atoms with van der Waals surface area (Å²) in [6.45, 7) is 3.70. The lowest BCUT2D eigenvalue weighted by Gasteiger charge is -2.37. The van der Waals surface area contributed by atoms with Gasteiger partial charge in [0.1, 0.15) is 5.56 Å². The molecule has 2 amide bonds. The van der Waals surface area contributed by atoms with Crippen LogP contribution in [0.15, 0.2) is 42.6 Å². The lowest BCUT2D eigenvalue weighted by molar-refractivity contribution is -0.119. The van der Waals surface area contributed by atoms with Crippen molar-refractivity contribution in [3.05, 3.63) is 63.8 Å². The van der Waals surface area contributed by atoms with Crippen molar-refractivity contribution in [2.45, 2.75) is 32.4 Å². The first-order valence-electron chi connectivity index (χ1n) is 13.0. The average molecular weight is 585 g/mol. The van der Waals surface area contributed by atoms with Crippen LogP contribution in [0.2, 0.25) is 10.0 Å². The maximum atomic E-state index is 13.2. The Kier molecular flexibility index (Phi) is 8.30. The predicted molar refractivity (Wildman–Crippen MR) is 157 cm³/mol. The largest absolute Gasteiger partial charge is 0.455 e. The molecule has 0 atom stereocenters. The lowest BCUT2D eigenvalue weighted by atomic mass is 10.0. The fourth-order valence-electron chi connectivity index (χ4n) is 5.01. The summed E-state index contributed by atoms with van der Waals surface area (Å²) in [6.07, 6.45) is 3.58. The molecule has 0 saturated carbocycles. The molecule has 2 aliphatic rings. The van der Waals surface area contributed by atoms with Gasteiger partial charge in [0.15, 0.2) is 6.73 Å². The number of nitrogens with zero attached hydrogens (tertiary/aromatic N) is 5. The molecule has 0 unspecified atom stereocenters. The number of benzene rings is 2. The molecule has 40 heavy (non-hydrogen) atoms. The quantitative estimate of drug-likeness (QED) is 0.413. The number of ether oxygens (including phenoxy) is 1. The van der Waals surface area contributed by atoms with Crippen LogP contribution in [0, 0.1) is 0 Å². The number of anilines is 4. The van der Waals surface area contributed by atoms with E-state index < -0.39 is 0 Å². The number of halogens is 2. The molecule has 1 fully saturated rings. The number of rotatable bonds is 7. The highest BCUT2D eigenvalue weighted by Crippen LogP contribution is 2.37. The van der Waals surface area contributed by atoms with Crippen molar-refractivity contribution in [2.24, 2.45) is 0 Å². The second-order valence-corrected chi connectivity index (χ2v) is 10.9. The Morgan fingerprint density at radius 1 is 1.15 bits per heavy atom.